The van der Waals surface area contributed by atoms with Crippen LogP contribution in [0.25, 0.3) is 0 Å². The smallest absolute Gasteiger partial charge is 0.243 e. The van der Waals surface area contributed by atoms with E-state index in [2.05, 4.69) is 17.4 Å². The zero-order valence-corrected chi connectivity index (χ0v) is 20.9. The van der Waals surface area contributed by atoms with Crippen molar-refractivity contribution < 1.29 is 22.7 Å². The van der Waals surface area contributed by atoms with Crippen LogP contribution in [0, 0.1) is 5.92 Å². The lowest BCUT2D eigenvalue weighted by Gasteiger charge is -2.31. The van der Waals surface area contributed by atoms with Gasteiger partial charge in [0.15, 0.2) is 17.3 Å². The SMILES string of the molecule is O=C(CNc1ccc(S(=O)(=O)N2CCC(Cc3ccccc3)CC2)cc1)c1ccc2c(c1)OCCO2. The van der Waals surface area contributed by atoms with Crippen molar-refractivity contribution in [3.8, 4) is 11.5 Å². The normalized spacial score (nSPS) is 16.4. The van der Waals surface area contributed by atoms with Gasteiger partial charge in [0.05, 0.1) is 11.4 Å². The van der Waals surface area contributed by atoms with Gasteiger partial charge >= 0.3 is 0 Å². The van der Waals surface area contributed by atoms with Crippen molar-refractivity contribution in [3.63, 3.8) is 0 Å². The average molecular weight is 507 g/mol. The third-order valence-electron chi connectivity index (χ3n) is 6.75. The summed E-state index contributed by atoms with van der Waals surface area (Å²) in [5.41, 5.74) is 2.51. The molecule has 1 fully saturated rings. The number of Topliss-reactive ketones (excluding diaryl/α,β-unsaturated/α-hetero) is 1. The molecule has 3 aromatic carbocycles. The number of fused-ring (bicyclic) bond motifs is 1. The first-order chi connectivity index (χ1) is 17.5. The van der Waals surface area contributed by atoms with Gasteiger partial charge in [-0.1, -0.05) is 30.3 Å². The zero-order valence-electron chi connectivity index (χ0n) is 20.1. The molecule has 0 aromatic heterocycles. The summed E-state index contributed by atoms with van der Waals surface area (Å²) in [7, 11) is -3.55. The Labute approximate surface area is 212 Å². The molecule has 1 N–H and O–H groups in total. The second kappa shape index (κ2) is 10.7. The molecule has 8 heteroatoms. The molecule has 5 rings (SSSR count). The van der Waals surface area contributed by atoms with Gasteiger partial charge in [0.2, 0.25) is 10.0 Å². The number of benzene rings is 3. The molecule has 188 valence electrons. The van der Waals surface area contributed by atoms with Gasteiger partial charge in [-0.3, -0.25) is 4.79 Å². The van der Waals surface area contributed by atoms with Crippen molar-refractivity contribution in [1.29, 1.82) is 0 Å². The van der Waals surface area contributed by atoms with Gasteiger partial charge in [-0.25, -0.2) is 8.42 Å². The molecule has 2 aliphatic rings. The van der Waals surface area contributed by atoms with E-state index < -0.39 is 10.0 Å². The lowest BCUT2D eigenvalue weighted by Crippen LogP contribution is -2.38. The summed E-state index contributed by atoms with van der Waals surface area (Å²) in [6, 6.07) is 22.1. The molecular formula is C28H30N2O5S. The Morgan fingerprint density at radius 2 is 1.58 bits per heavy atom. The zero-order chi connectivity index (χ0) is 25.0. The van der Waals surface area contributed by atoms with Crippen LogP contribution in [0.2, 0.25) is 0 Å². The van der Waals surface area contributed by atoms with Crippen LogP contribution in [0.1, 0.15) is 28.8 Å². The van der Waals surface area contributed by atoms with Crippen molar-refractivity contribution in [2.75, 3.05) is 38.2 Å². The standard InChI is InChI=1S/C28H30N2O5S/c31-26(23-6-11-27-28(19-23)35-17-16-34-27)20-29-24-7-9-25(10-8-24)36(32,33)30-14-12-22(13-15-30)18-21-4-2-1-3-5-21/h1-11,19,22,29H,12-18,20H2. The molecule has 0 amide bonds. The third kappa shape index (κ3) is 5.55. The maximum absolute atomic E-state index is 13.2. The second-order valence-electron chi connectivity index (χ2n) is 9.20. The second-order valence-corrected chi connectivity index (χ2v) is 11.1. The molecule has 1 saturated heterocycles. The maximum Gasteiger partial charge on any atom is 0.243 e. The van der Waals surface area contributed by atoms with Crippen LogP contribution >= 0.6 is 0 Å². The van der Waals surface area contributed by atoms with Crippen molar-refractivity contribution in [2.24, 2.45) is 5.92 Å². The number of ether oxygens (including phenoxy) is 2. The molecule has 2 heterocycles. The summed E-state index contributed by atoms with van der Waals surface area (Å²) in [6.07, 6.45) is 2.70. The molecular weight excluding hydrogens is 476 g/mol. The maximum atomic E-state index is 13.2. The highest BCUT2D eigenvalue weighted by atomic mass is 32.2. The number of piperidine rings is 1. The summed E-state index contributed by atoms with van der Waals surface area (Å²) in [6.45, 7) is 2.11. The molecule has 0 bridgehead atoms. The highest BCUT2D eigenvalue weighted by molar-refractivity contribution is 7.89. The molecule has 0 aliphatic carbocycles. The Bertz CT molecular complexity index is 1300. The number of hydrogen-bond acceptors (Lipinski definition) is 6. The highest BCUT2D eigenvalue weighted by Gasteiger charge is 2.29. The van der Waals surface area contributed by atoms with Gasteiger partial charge in [-0.2, -0.15) is 4.31 Å². The Morgan fingerprint density at radius 1 is 0.889 bits per heavy atom. The van der Waals surface area contributed by atoms with Gasteiger partial charge in [-0.05, 0) is 73.2 Å². The van der Waals surface area contributed by atoms with E-state index in [4.69, 9.17) is 9.47 Å². The predicted molar refractivity (Wildman–Crippen MR) is 138 cm³/mol. The number of nitrogens with zero attached hydrogens (tertiary/aromatic N) is 1. The van der Waals surface area contributed by atoms with Gasteiger partial charge < -0.3 is 14.8 Å². The summed E-state index contributed by atoms with van der Waals surface area (Å²) >= 11 is 0. The van der Waals surface area contributed by atoms with Crippen molar-refractivity contribution >= 4 is 21.5 Å². The minimum atomic E-state index is -3.55. The van der Waals surface area contributed by atoms with E-state index in [1.54, 1.807) is 46.8 Å². The molecule has 2 aliphatic heterocycles. The molecule has 0 saturated carbocycles. The monoisotopic (exact) mass is 506 g/mol. The molecule has 0 radical (unpaired) electrons. The molecule has 36 heavy (non-hydrogen) atoms. The molecule has 3 aromatic rings. The molecule has 0 spiro atoms. The Balaban J connectivity index is 1.15. The third-order valence-corrected chi connectivity index (χ3v) is 8.66. The van der Waals surface area contributed by atoms with E-state index in [0.29, 0.717) is 55.0 Å². The van der Waals surface area contributed by atoms with Gasteiger partial charge in [-0.15, -0.1) is 0 Å². The van der Waals surface area contributed by atoms with E-state index in [1.165, 1.54) is 5.56 Å². The quantitative estimate of drug-likeness (QED) is 0.456. The van der Waals surface area contributed by atoms with Crippen molar-refractivity contribution in [1.82, 2.24) is 4.31 Å². The van der Waals surface area contributed by atoms with E-state index in [0.717, 1.165) is 19.3 Å². The number of rotatable bonds is 8. The fourth-order valence-electron chi connectivity index (χ4n) is 4.70. The first kappa shape index (κ1) is 24.3. The average Bonchev–Trinajstić information content (AvgIpc) is 2.92. The number of hydrogen-bond donors (Lipinski definition) is 1. The van der Waals surface area contributed by atoms with Crippen LogP contribution in [0.5, 0.6) is 11.5 Å². The van der Waals surface area contributed by atoms with Gasteiger partial charge in [0.25, 0.3) is 0 Å². The van der Waals surface area contributed by atoms with Gasteiger partial charge in [0.1, 0.15) is 13.2 Å². The molecule has 0 atom stereocenters. The number of anilines is 1. The lowest BCUT2D eigenvalue weighted by molar-refractivity contribution is 0.100. The first-order valence-corrected chi connectivity index (χ1v) is 13.7. The summed E-state index contributed by atoms with van der Waals surface area (Å²) in [4.78, 5) is 12.9. The Kier molecular flexibility index (Phi) is 7.25. The van der Waals surface area contributed by atoms with E-state index in [-0.39, 0.29) is 17.2 Å². The minimum Gasteiger partial charge on any atom is -0.486 e. The number of sulfonamides is 1. The van der Waals surface area contributed by atoms with E-state index in [1.807, 2.05) is 18.2 Å². The van der Waals surface area contributed by atoms with Crippen LogP contribution in [-0.2, 0) is 16.4 Å². The van der Waals surface area contributed by atoms with Crippen LogP contribution in [-0.4, -0.2) is 51.4 Å². The number of carbonyl (C=O) groups is 1. The van der Waals surface area contributed by atoms with Crippen LogP contribution in [0.3, 0.4) is 0 Å². The van der Waals surface area contributed by atoms with E-state index >= 15 is 0 Å². The number of carbonyl (C=O) groups excluding carboxylic acids is 1. The summed E-state index contributed by atoms with van der Waals surface area (Å²) < 4.78 is 38.9. The van der Waals surface area contributed by atoms with Crippen molar-refractivity contribution in [2.45, 2.75) is 24.2 Å². The van der Waals surface area contributed by atoms with Crippen molar-refractivity contribution in [3.05, 3.63) is 83.9 Å². The number of nitrogens with one attached hydrogen (secondary N) is 1. The molecule has 0 unspecified atom stereocenters. The Morgan fingerprint density at radius 3 is 2.31 bits per heavy atom. The predicted octanol–water partition coefficient (Wildman–Crippen LogP) is 4.40. The Hall–Kier alpha value is -3.36. The summed E-state index contributed by atoms with van der Waals surface area (Å²) in [5, 5.41) is 3.08. The van der Waals surface area contributed by atoms with Crippen LogP contribution < -0.4 is 14.8 Å². The van der Waals surface area contributed by atoms with Crippen LogP contribution in [0.15, 0.2) is 77.7 Å². The van der Waals surface area contributed by atoms with E-state index in [9.17, 15) is 13.2 Å². The van der Waals surface area contributed by atoms with Gasteiger partial charge in [0, 0.05) is 24.3 Å². The fourth-order valence-corrected chi connectivity index (χ4v) is 6.17. The first-order valence-electron chi connectivity index (χ1n) is 12.3. The summed E-state index contributed by atoms with van der Waals surface area (Å²) in [5.74, 6) is 1.62. The minimum absolute atomic E-state index is 0.0840. The highest BCUT2D eigenvalue weighted by Crippen LogP contribution is 2.31. The topological polar surface area (TPSA) is 84.9 Å². The number of ketones is 1. The lowest BCUT2D eigenvalue weighted by atomic mass is 9.91. The molecule has 7 nitrogen and oxygen atoms in total. The van der Waals surface area contributed by atoms with Crippen LogP contribution in [0.4, 0.5) is 5.69 Å². The fraction of sp³-hybridized carbons (Fsp3) is 0.321. The largest absolute Gasteiger partial charge is 0.486 e.